The summed E-state index contributed by atoms with van der Waals surface area (Å²) in [6.45, 7) is 40.2. The molecule has 16 bridgehead atoms. The molecule has 0 atom stereocenters. The van der Waals surface area contributed by atoms with Gasteiger partial charge in [-0.3, -0.25) is 0 Å². The number of nitrogens with one attached hydrogen (secondary N) is 4. The van der Waals surface area contributed by atoms with Gasteiger partial charge in [0.05, 0.1) is 0 Å². The SMILES string of the molecule is CC(C)(C)c1ccc2c(c1)-c1nc-2nc2[nH]c(nc3nc(nc4[nH]c(n1)c1ccc(C(C)(C)C)cc41)-c1cccc(-c4cccc5c4-c4nc-5nc5[nH]c(nc6nc(nc7[nH]c(n4)c4cc(C(C)(C)C)ccc74)-c4cc(C(C)(C)C)ccc4-6)c4ccc(C(C)(C)C)cc54)c1-3)c1cc(C(C)(C)C)ccc21. The van der Waals surface area contributed by atoms with Crippen LogP contribution < -0.4 is 0 Å². The minimum Gasteiger partial charge on any atom is -0.324 e. The van der Waals surface area contributed by atoms with Crippen molar-refractivity contribution in [3.63, 3.8) is 0 Å². The first-order valence-corrected chi connectivity index (χ1v) is 36.0. The average Bonchev–Trinajstić information content (AvgIpc) is 1.58. The van der Waals surface area contributed by atoms with Crippen LogP contribution in [0.3, 0.4) is 0 Å². The molecule has 6 aromatic heterocycles. The summed E-state index contributed by atoms with van der Waals surface area (Å²) in [5, 5.41) is 7.16. The molecule has 0 unspecified atom stereocenters. The van der Waals surface area contributed by atoms with Crippen molar-refractivity contribution in [2.24, 2.45) is 0 Å². The van der Waals surface area contributed by atoms with Crippen LogP contribution in [0.25, 0.3) is 190 Å². The fourth-order valence-electron chi connectivity index (χ4n) is 14.9. The van der Waals surface area contributed by atoms with Crippen LogP contribution in [0, 0.1) is 0 Å². The van der Waals surface area contributed by atoms with E-state index in [2.05, 4.69) is 290 Å². The highest BCUT2D eigenvalue weighted by molar-refractivity contribution is 6.10. The fourth-order valence-corrected chi connectivity index (χ4v) is 14.9. The lowest BCUT2D eigenvalue weighted by atomic mass is 9.85. The molecule has 0 saturated heterocycles. The van der Waals surface area contributed by atoms with E-state index in [1.807, 2.05) is 0 Å². The number of hydrogen-bond acceptors (Lipinski definition) is 12. The molecule has 0 fully saturated rings. The average molecular weight is 1360 g/mol. The number of rotatable bonds is 1. The maximum Gasteiger partial charge on any atom is 0.165 e. The number of fused-ring (bicyclic) bond motifs is 40. The van der Waals surface area contributed by atoms with E-state index in [9.17, 15) is 0 Å². The molecule has 16 nitrogen and oxygen atoms in total. The summed E-state index contributed by atoms with van der Waals surface area (Å²) in [4.78, 5) is 81.6. The van der Waals surface area contributed by atoms with Gasteiger partial charge in [-0.05, 0) is 113 Å². The van der Waals surface area contributed by atoms with Gasteiger partial charge in [-0.25, -0.2) is 59.8 Å². The molecule has 514 valence electrons. The molecular weight excluding hydrogens is 1280 g/mol. The van der Waals surface area contributed by atoms with Gasteiger partial charge in [-0.2, -0.15) is 0 Å². The second-order valence-corrected chi connectivity index (χ2v) is 34.7. The Bertz CT molecular complexity index is 6490. The molecule has 16 heteroatoms. The third-order valence-electron chi connectivity index (χ3n) is 21.2. The van der Waals surface area contributed by atoms with Gasteiger partial charge >= 0.3 is 0 Å². The highest BCUT2D eigenvalue weighted by atomic mass is 15.1. The van der Waals surface area contributed by atoms with Crippen molar-refractivity contribution in [2.45, 2.75) is 157 Å². The Balaban J connectivity index is 0.951. The van der Waals surface area contributed by atoms with Crippen LogP contribution in [0.2, 0.25) is 0 Å². The lowest BCUT2D eigenvalue weighted by Gasteiger charge is -2.19. The summed E-state index contributed by atoms with van der Waals surface area (Å²) in [7, 11) is 0. The van der Waals surface area contributed by atoms with Crippen molar-refractivity contribution in [1.29, 1.82) is 0 Å². The number of H-pyrrole nitrogens is 4. The van der Waals surface area contributed by atoms with Gasteiger partial charge in [0, 0.05) is 87.6 Å². The lowest BCUT2D eigenvalue weighted by molar-refractivity contribution is 0.590. The molecular formula is C88H82N16. The Labute approximate surface area is 603 Å². The van der Waals surface area contributed by atoms with Gasteiger partial charge in [0.2, 0.25) is 0 Å². The molecule has 4 aliphatic rings. The largest absolute Gasteiger partial charge is 0.324 e. The highest BCUT2D eigenvalue weighted by Gasteiger charge is 2.33. The van der Waals surface area contributed by atoms with Crippen LogP contribution in [-0.4, -0.2) is 79.7 Å². The maximum absolute atomic E-state index is 5.75. The van der Waals surface area contributed by atoms with Crippen LogP contribution in [0.1, 0.15) is 158 Å². The van der Waals surface area contributed by atoms with Crippen molar-refractivity contribution in [1.82, 2.24) is 79.7 Å². The smallest absolute Gasteiger partial charge is 0.165 e. The van der Waals surface area contributed by atoms with E-state index in [0.29, 0.717) is 91.8 Å². The van der Waals surface area contributed by atoms with Gasteiger partial charge in [-0.15, -0.1) is 0 Å². The van der Waals surface area contributed by atoms with Crippen molar-refractivity contribution in [3.05, 3.63) is 179 Å². The molecule has 0 radical (unpaired) electrons. The van der Waals surface area contributed by atoms with Crippen LogP contribution in [0.4, 0.5) is 0 Å². The minimum absolute atomic E-state index is 0.142. The second kappa shape index (κ2) is 22.0. The van der Waals surface area contributed by atoms with Crippen LogP contribution >= 0.6 is 0 Å². The molecule has 104 heavy (non-hydrogen) atoms. The summed E-state index contributed by atoms with van der Waals surface area (Å²) < 4.78 is 0. The molecule has 18 rings (SSSR count). The van der Waals surface area contributed by atoms with E-state index < -0.39 is 0 Å². The Kier molecular flexibility index (Phi) is 13.7. The Morgan fingerprint density at radius 1 is 0.183 bits per heavy atom. The monoisotopic (exact) mass is 1360 g/mol. The van der Waals surface area contributed by atoms with Gasteiger partial charge in [0.15, 0.2) is 46.6 Å². The molecule has 0 amide bonds. The molecule has 10 heterocycles. The van der Waals surface area contributed by atoms with E-state index in [4.69, 9.17) is 59.8 Å². The minimum atomic E-state index is -0.197. The third-order valence-corrected chi connectivity index (χ3v) is 21.2. The van der Waals surface area contributed by atoms with Crippen LogP contribution in [-0.2, 0) is 32.5 Å². The summed E-state index contributed by atoms with van der Waals surface area (Å²) in [5.74, 6) is 4.08. The van der Waals surface area contributed by atoms with Crippen molar-refractivity contribution >= 4 is 88.3 Å². The quantitative estimate of drug-likeness (QED) is 0.121. The van der Waals surface area contributed by atoms with E-state index in [-0.39, 0.29) is 32.5 Å². The molecule has 14 aromatic rings. The van der Waals surface area contributed by atoms with E-state index in [0.717, 1.165) is 127 Å². The van der Waals surface area contributed by atoms with Crippen LogP contribution in [0.5, 0.6) is 0 Å². The first-order valence-electron chi connectivity index (χ1n) is 36.0. The summed E-state index contributed by atoms with van der Waals surface area (Å²) in [6.07, 6.45) is 0. The highest BCUT2D eigenvalue weighted by Crippen LogP contribution is 2.49. The first kappa shape index (κ1) is 64.6. The van der Waals surface area contributed by atoms with Gasteiger partial charge in [0.25, 0.3) is 0 Å². The number of aromatic nitrogens is 16. The zero-order valence-corrected chi connectivity index (χ0v) is 62.2. The topological polar surface area (TPSA) is 218 Å². The maximum atomic E-state index is 5.75. The van der Waals surface area contributed by atoms with Gasteiger partial charge < -0.3 is 19.9 Å². The zero-order valence-electron chi connectivity index (χ0n) is 62.2. The first-order chi connectivity index (χ1) is 49.2. The Hall–Kier alpha value is -11.5. The molecule has 4 aliphatic heterocycles. The predicted octanol–water partition coefficient (Wildman–Crippen LogP) is 21.5. The van der Waals surface area contributed by atoms with Gasteiger partial charge in [-0.1, -0.05) is 234 Å². The standard InChI is InChI=1S/C88H82N16/c1-83(2,3)43-26-32-52-59(37-43)75-92-68(52)90-70-55-35-29-47(87(13,14)15)41-63(55)79(97-70)103-81-65-49(21-20-24-58(65)74(102-81)100-78-62-40-46(86(10,11)12)28-34-54(62)71(94-75)96-78)50-22-19-23-57-66(50)82-101-73(57)99-77-61-39-45(85(7,8)9)27-33-53(61)69(93-77)89-67-51-31-25-44(84(4,5)6)38-60(51)76(91-67)95-72-56-36-30-48(88(16,17)18)42-64(56)80(98-72)104-82/h19-42H,1-18H3,(H2,89,91,93,95,98,99,101,104)(H2,90,92,94,96,97,100,102,103). The lowest BCUT2D eigenvalue weighted by Crippen LogP contribution is -2.10. The van der Waals surface area contributed by atoms with E-state index in [1.165, 1.54) is 5.56 Å². The summed E-state index contributed by atoms with van der Waals surface area (Å²) in [6, 6.07) is 52.1. The van der Waals surface area contributed by atoms with Gasteiger partial charge in [0.1, 0.15) is 45.2 Å². The summed E-state index contributed by atoms with van der Waals surface area (Å²) >= 11 is 0. The molecule has 0 saturated carbocycles. The van der Waals surface area contributed by atoms with Crippen molar-refractivity contribution in [2.75, 3.05) is 0 Å². The number of nitrogens with zero attached hydrogens (tertiary/aromatic N) is 12. The van der Waals surface area contributed by atoms with Crippen LogP contribution in [0.15, 0.2) is 146 Å². The molecule has 0 aliphatic carbocycles. The Morgan fingerprint density at radius 3 is 0.673 bits per heavy atom. The van der Waals surface area contributed by atoms with E-state index in [1.54, 1.807) is 0 Å². The molecule has 4 N–H and O–H groups in total. The normalized spacial score (nSPS) is 13.3. The van der Waals surface area contributed by atoms with Crippen molar-refractivity contribution < 1.29 is 0 Å². The number of aromatic amines is 4. The van der Waals surface area contributed by atoms with Crippen molar-refractivity contribution in [3.8, 4) is 102 Å². The van der Waals surface area contributed by atoms with E-state index >= 15 is 0 Å². The number of benzene rings is 8. The fraction of sp³-hybridized carbons (Fsp3) is 0.273. The molecule has 8 aromatic carbocycles. The number of hydrogen-bond donors (Lipinski definition) is 4. The zero-order chi connectivity index (χ0) is 72.4. The summed E-state index contributed by atoms with van der Waals surface area (Å²) in [5.41, 5.74) is 19.1. The predicted molar refractivity (Wildman–Crippen MR) is 423 cm³/mol. The molecule has 0 spiro atoms. The second-order valence-electron chi connectivity index (χ2n) is 34.7. The Morgan fingerprint density at radius 2 is 0.394 bits per heavy atom. The third kappa shape index (κ3) is 10.5.